The van der Waals surface area contributed by atoms with Gasteiger partial charge in [0.25, 0.3) is 0 Å². The lowest BCUT2D eigenvalue weighted by Gasteiger charge is -2.15. The molecule has 1 aliphatic heterocycles. The molecule has 0 amide bonds. The van der Waals surface area contributed by atoms with Crippen molar-refractivity contribution >= 4 is 7.12 Å². The third-order valence-corrected chi connectivity index (χ3v) is 4.60. The molecule has 0 radical (unpaired) electrons. The summed E-state index contributed by atoms with van der Waals surface area (Å²) < 4.78 is 16.5. The summed E-state index contributed by atoms with van der Waals surface area (Å²) in [5.41, 5.74) is 2.78. The molecule has 0 bridgehead atoms. The van der Waals surface area contributed by atoms with Crippen molar-refractivity contribution in [3.63, 3.8) is 0 Å². The predicted molar refractivity (Wildman–Crippen MR) is 98.1 cm³/mol. The quantitative estimate of drug-likeness (QED) is 0.815. The summed E-state index contributed by atoms with van der Waals surface area (Å²) in [7, 11) is 0.921. The Morgan fingerprint density at radius 1 is 1.28 bits per heavy atom. The summed E-state index contributed by atoms with van der Waals surface area (Å²) in [6.45, 7) is 5.19. The van der Waals surface area contributed by atoms with E-state index in [0.29, 0.717) is 19.0 Å². The van der Waals surface area contributed by atoms with Crippen molar-refractivity contribution in [1.82, 2.24) is 4.98 Å². The molecule has 132 valence electrons. The standard InChI is InChI=1S/C19H24BNO4/c1-4-10-24-19-11-14(8-9-18(19)23-3)16-6-5-7-17(21-16)15-12-25-20(22)13(15)2/h5-9,11,13,15,22H,4,10,12H2,1-3H3/t13-,15?/m0/s1. The van der Waals surface area contributed by atoms with E-state index >= 15 is 0 Å². The van der Waals surface area contributed by atoms with Crippen molar-refractivity contribution in [1.29, 1.82) is 0 Å². The first-order valence-electron chi connectivity index (χ1n) is 8.72. The SMILES string of the molecule is CCCOc1cc(-c2cccc(C3COB(O)[C@H]3C)n2)ccc1OC. The third-order valence-electron chi connectivity index (χ3n) is 4.60. The van der Waals surface area contributed by atoms with Gasteiger partial charge in [-0.15, -0.1) is 0 Å². The highest BCUT2D eigenvalue weighted by atomic mass is 16.5. The summed E-state index contributed by atoms with van der Waals surface area (Å²) in [6.07, 6.45) is 0.934. The highest BCUT2D eigenvalue weighted by Gasteiger charge is 2.39. The van der Waals surface area contributed by atoms with Crippen molar-refractivity contribution in [3.05, 3.63) is 42.1 Å². The number of pyridine rings is 1. The largest absolute Gasteiger partial charge is 0.493 e. The smallest absolute Gasteiger partial charge is 0.457 e. The first kappa shape index (κ1) is 17.8. The van der Waals surface area contributed by atoms with E-state index in [4.69, 9.17) is 19.1 Å². The van der Waals surface area contributed by atoms with Crippen LogP contribution in [0.3, 0.4) is 0 Å². The van der Waals surface area contributed by atoms with Gasteiger partial charge in [-0.1, -0.05) is 19.9 Å². The molecule has 0 aliphatic carbocycles. The normalized spacial score (nSPS) is 19.9. The topological polar surface area (TPSA) is 60.8 Å². The van der Waals surface area contributed by atoms with Gasteiger partial charge < -0.3 is 19.2 Å². The molecule has 3 rings (SSSR count). The Morgan fingerprint density at radius 2 is 2.12 bits per heavy atom. The van der Waals surface area contributed by atoms with Crippen LogP contribution in [0.4, 0.5) is 0 Å². The minimum atomic E-state index is -0.717. The van der Waals surface area contributed by atoms with Crippen LogP contribution >= 0.6 is 0 Å². The van der Waals surface area contributed by atoms with Gasteiger partial charge in [0.15, 0.2) is 11.5 Å². The highest BCUT2D eigenvalue weighted by molar-refractivity contribution is 6.45. The molecule has 6 heteroatoms. The minimum Gasteiger partial charge on any atom is -0.493 e. The van der Waals surface area contributed by atoms with E-state index < -0.39 is 7.12 Å². The van der Waals surface area contributed by atoms with Crippen molar-refractivity contribution in [3.8, 4) is 22.8 Å². The van der Waals surface area contributed by atoms with Crippen LogP contribution in [0.2, 0.25) is 5.82 Å². The van der Waals surface area contributed by atoms with Gasteiger partial charge in [-0.25, -0.2) is 0 Å². The van der Waals surface area contributed by atoms with Crippen molar-refractivity contribution in [2.75, 3.05) is 20.3 Å². The fourth-order valence-electron chi connectivity index (χ4n) is 3.04. The Hall–Kier alpha value is -2.05. The molecule has 1 saturated heterocycles. The molecule has 1 aromatic heterocycles. The lowest BCUT2D eigenvalue weighted by atomic mass is 9.69. The number of benzene rings is 1. The zero-order valence-corrected chi connectivity index (χ0v) is 14.9. The van der Waals surface area contributed by atoms with E-state index in [1.54, 1.807) is 7.11 Å². The summed E-state index contributed by atoms with van der Waals surface area (Å²) in [6, 6.07) is 11.8. The molecule has 1 aliphatic rings. The van der Waals surface area contributed by atoms with E-state index in [9.17, 15) is 5.02 Å². The number of methoxy groups -OCH3 is 1. The lowest BCUT2D eigenvalue weighted by Crippen LogP contribution is -2.16. The summed E-state index contributed by atoms with van der Waals surface area (Å²) in [5, 5.41) is 9.81. The maximum absolute atomic E-state index is 9.81. The maximum atomic E-state index is 9.81. The molecule has 2 heterocycles. The Balaban J connectivity index is 1.90. The molecular weight excluding hydrogens is 317 g/mol. The zero-order chi connectivity index (χ0) is 17.8. The predicted octanol–water partition coefficient (Wildman–Crippen LogP) is 3.53. The van der Waals surface area contributed by atoms with Crippen LogP contribution in [-0.4, -0.2) is 37.4 Å². The lowest BCUT2D eigenvalue weighted by molar-refractivity contribution is 0.291. The zero-order valence-electron chi connectivity index (χ0n) is 14.9. The molecule has 0 spiro atoms. The Kier molecular flexibility index (Phi) is 5.61. The van der Waals surface area contributed by atoms with Crippen LogP contribution < -0.4 is 9.47 Å². The van der Waals surface area contributed by atoms with Gasteiger partial charge in [-0.3, -0.25) is 4.98 Å². The third kappa shape index (κ3) is 3.80. The second kappa shape index (κ2) is 7.89. The summed E-state index contributed by atoms with van der Waals surface area (Å²) in [5.74, 6) is 1.57. The molecule has 1 N–H and O–H groups in total. The van der Waals surface area contributed by atoms with Gasteiger partial charge in [0.05, 0.1) is 19.4 Å². The maximum Gasteiger partial charge on any atom is 0.457 e. The van der Waals surface area contributed by atoms with Crippen LogP contribution in [0.5, 0.6) is 11.5 Å². The van der Waals surface area contributed by atoms with Crippen LogP contribution in [0.1, 0.15) is 31.9 Å². The minimum absolute atomic E-state index is 0.0297. The average Bonchev–Trinajstić information content (AvgIpc) is 2.98. The first-order valence-corrected chi connectivity index (χ1v) is 8.72. The van der Waals surface area contributed by atoms with E-state index in [1.165, 1.54) is 0 Å². The average molecular weight is 341 g/mol. The second-order valence-corrected chi connectivity index (χ2v) is 6.35. The second-order valence-electron chi connectivity index (χ2n) is 6.35. The van der Waals surface area contributed by atoms with Crippen LogP contribution in [-0.2, 0) is 4.65 Å². The molecule has 0 saturated carbocycles. The van der Waals surface area contributed by atoms with Crippen LogP contribution in [0.15, 0.2) is 36.4 Å². The fraction of sp³-hybridized carbons (Fsp3) is 0.421. The first-order chi connectivity index (χ1) is 12.1. The molecule has 1 unspecified atom stereocenters. The van der Waals surface area contributed by atoms with E-state index in [2.05, 4.69) is 6.92 Å². The van der Waals surface area contributed by atoms with Gasteiger partial charge >= 0.3 is 7.12 Å². The van der Waals surface area contributed by atoms with Crippen molar-refractivity contribution in [2.45, 2.75) is 32.0 Å². The summed E-state index contributed by atoms with van der Waals surface area (Å²) in [4.78, 5) is 4.80. The molecular formula is C19H24BNO4. The number of hydrogen-bond donors (Lipinski definition) is 1. The summed E-state index contributed by atoms with van der Waals surface area (Å²) >= 11 is 0. The molecule has 5 nitrogen and oxygen atoms in total. The Bertz CT molecular complexity index is 724. The molecule has 25 heavy (non-hydrogen) atoms. The monoisotopic (exact) mass is 341 g/mol. The van der Waals surface area contributed by atoms with Crippen molar-refractivity contribution < 1.29 is 19.2 Å². The number of ether oxygens (including phenoxy) is 2. The van der Waals surface area contributed by atoms with Gasteiger partial charge in [0.2, 0.25) is 0 Å². The van der Waals surface area contributed by atoms with Gasteiger partial charge in [-0.2, -0.15) is 0 Å². The number of rotatable bonds is 6. The molecule has 2 aromatic rings. The highest BCUT2D eigenvalue weighted by Crippen LogP contribution is 2.37. The van der Waals surface area contributed by atoms with Gasteiger partial charge in [0, 0.05) is 29.6 Å². The van der Waals surface area contributed by atoms with Crippen LogP contribution in [0.25, 0.3) is 11.3 Å². The Labute approximate surface area is 149 Å². The molecule has 2 atom stereocenters. The fourth-order valence-corrected chi connectivity index (χ4v) is 3.04. The molecule has 1 fully saturated rings. The van der Waals surface area contributed by atoms with E-state index in [0.717, 1.165) is 29.1 Å². The van der Waals surface area contributed by atoms with Crippen molar-refractivity contribution in [2.24, 2.45) is 0 Å². The van der Waals surface area contributed by atoms with Gasteiger partial charge in [-0.05, 0) is 36.8 Å². The molecule has 1 aromatic carbocycles. The van der Waals surface area contributed by atoms with Gasteiger partial charge in [0.1, 0.15) is 0 Å². The number of hydrogen-bond acceptors (Lipinski definition) is 5. The van der Waals surface area contributed by atoms with E-state index in [1.807, 2.05) is 43.3 Å². The number of aromatic nitrogens is 1. The van der Waals surface area contributed by atoms with Crippen LogP contribution in [0, 0.1) is 0 Å². The Morgan fingerprint density at radius 3 is 2.80 bits per heavy atom. The van der Waals surface area contributed by atoms with E-state index in [-0.39, 0.29) is 11.7 Å². The number of nitrogens with zero attached hydrogens (tertiary/aromatic N) is 1.